The number of hydrogen-bond acceptors (Lipinski definition) is 3. The van der Waals surface area contributed by atoms with E-state index >= 15 is 0 Å². The molecule has 0 saturated carbocycles. The highest BCUT2D eigenvalue weighted by atomic mass is 16.5. The standard InChI is InChI=1S/C11H13NO2/c1-9(12(2)3)14-11(13)10-7-5-4-6-8-10/h4-8H,1H2,2-3H3. The van der Waals surface area contributed by atoms with Gasteiger partial charge in [0.15, 0.2) is 5.88 Å². The molecule has 0 spiro atoms. The Bertz CT molecular complexity index is 330. The number of esters is 1. The van der Waals surface area contributed by atoms with E-state index in [4.69, 9.17) is 4.74 Å². The van der Waals surface area contributed by atoms with Crippen LogP contribution in [0.5, 0.6) is 0 Å². The first-order valence-corrected chi connectivity index (χ1v) is 4.24. The topological polar surface area (TPSA) is 29.5 Å². The van der Waals surface area contributed by atoms with Gasteiger partial charge in [0.1, 0.15) is 0 Å². The van der Waals surface area contributed by atoms with Crippen LogP contribution in [0.3, 0.4) is 0 Å². The summed E-state index contributed by atoms with van der Waals surface area (Å²) in [7, 11) is 3.53. The third-order valence-corrected chi connectivity index (χ3v) is 1.72. The van der Waals surface area contributed by atoms with E-state index < -0.39 is 0 Å². The minimum atomic E-state index is -0.385. The summed E-state index contributed by atoms with van der Waals surface area (Å²) in [6.45, 7) is 3.60. The lowest BCUT2D eigenvalue weighted by molar-refractivity contribution is 0.0542. The molecule has 0 N–H and O–H groups in total. The third kappa shape index (κ3) is 2.62. The molecule has 0 amide bonds. The van der Waals surface area contributed by atoms with Gasteiger partial charge in [-0.1, -0.05) is 18.2 Å². The first-order valence-electron chi connectivity index (χ1n) is 4.24. The van der Waals surface area contributed by atoms with Crippen LogP contribution in [-0.4, -0.2) is 25.0 Å². The highest BCUT2D eigenvalue weighted by molar-refractivity contribution is 5.89. The molecule has 0 aliphatic rings. The molecule has 14 heavy (non-hydrogen) atoms. The van der Waals surface area contributed by atoms with Crippen molar-refractivity contribution >= 4 is 5.97 Å². The van der Waals surface area contributed by atoms with Crippen molar-refractivity contribution in [3.63, 3.8) is 0 Å². The maximum Gasteiger partial charge on any atom is 0.344 e. The number of rotatable bonds is 3. The van der Waals surface area contributed by atoms with Gasteiger partial charge in [0, 0.05) is 14.1 Å². The lowest BCUT2D eigenvalue weighted by Crippen LogP contribution is -2.16. The number of ether oxygens (including phenoxy) is 1. The number of hydrogen-bond donors (Lipinski definition) is 0. The molecule has 74 valence electrons. The van der Waals surface area contributed by atoms with Crippen LogP contribution in [0.25, 0.3) is 0 Å². The molecule has 1 aromatic carbocycles. The molecular formula is C11H13NO2. The summed E-state index contributed by atoms with van der Waals surface area (Å²) in [4.78, 5) is 13.1. The van der Waals surface area contributed by atoms with Crippen molar-refractivity contribution in [1.82, 2.24) is 4.90 Å². The van der Waals surface area contributed by atoms with E-state index in [0.29, 0.717) is 11.4 Å². The minimum absolute atomic E-state index is 0.332. The Kier molecular flexibility index (Phi) is 3.29. The smallest absolute Gasteiger partial charge is 0.344 e. The van der Waals surface area contributed by atoms with E-state index in [1.807, 2.05) is 6.07 Å². The van der Waals surface area contributed by atoms with Gasteiger partial charge in [-0.2, -0.15) is 0 Å². The van der Waals surface area contributed by atoms with Crippen LogP contribution in [0.15, 0.2) is 42.8 Å². The van der Waals surface area contributed by atoms with Crippen molar-refractivity contribution in [3.8, 4) is 0 Å². The maximum atomic E-state index is 11.4. The lowest BCUT2D eigenvalue weighted by atomic mass is 10.2. The molecule has 0 saturated heterocycles. The van der Waals surface area contributed by atoms with E-state index in [1.165, 1.54) is 0 Å². The molecule has 0 aliphatic heterocycles. The Labute approximate surface area is 83.6 Å². The first kappa shape index (κ1) is 10.3. The summed E-state index contributed by atoms with van der Waals surface area (Å²) in [5, 5.41) is 0. The van der Waals surface area contributed by atoms with E-state index in [-0.39, 0.29) is 5.97 Å². The zero-order valence-electron chi connectivity index (χ0n) is 8.36. The number of nitrogens with zero attached hydrogens (tertiary/aromatic N) is 1. The Morgan fingerprint density at radius 3 is 2.36 bits per heavy atom. The van der Waals surface area contributed by atoms with Crippen molar-refractivity contribution in [1.29, 1.82) is 0 Å². The number of carbonyl (C=O) groups excluding carboxylic acids is 1. The summed E-state index contributed by atoms with van der Waals surface area (Å²) < 4.78 is 4.99. The highest BCUT2D eigenvalue weighted by Gasteiger charge is 2.08. The summed E-state index contributed by atoms with van der Waals surface area (Å²) in [5.41, 5.74) is 0.524. The maximum absolute atomic E-state index is 11.4. The van der Waals surface area contributed by atoms with E-state index in [0.717, 1.165) is 0 Å². The van der Waals surface area contributed by atoms with Crippen molar-refractivity contribution in [3.05, 3.63) is 48.4 Å². The summed E-state index contributed by atoms with van der Waals surface area (Å²) >= 11 is 0. The summed E-state index contributed by atoms with van der Waals surface area (Å²) in [5.74, 6) is -0.0526. The molecule has 0 fully saturated rings. The third-order valence-electron chi connectivity index (χ3n) is 1.72. The van der Waals surface area contributed by atoms with Crippen molar-refractivity contribution in [2.45, 2.75) is 0 Å². The van der Waals surface area contributed by atoms with Gasteiger partial charge in [-0.05, 0) is 18.7 Å². The normalized spacial score (nSPS) is 9.29. The average Bonchev–Trinajstić information content (AvgIpc) is 2.19. The number of carbonyl (C=O) groups is 1. The fourth-order valence-corrected chi connectivity index (χ4v) is 0.831. The molecule has 1 rings (SSSR count). The first-order chi connectivity index (χ1) is 6.61. The fraction of sp³-hybridized carbons (Fsp3) is 0.182. The Hall–Kier alpha value is -1.77. The summed E-state index contributed by atoms with van der Waals surface area (Å²) in [6, 6.07) is 8.82. The number of benzene rings is 1. The van der Waals surface area contributed by atoms with E-state index in [2.05, 4.69) is 6.58 Å². The molecule has 0 aromatic heterocycles. The van der Waals surface area contributed by atoms with Crippen LogP contribution in [0, 0.1) is 0 Å². The predicted molar refractivity (Wildman–Crippen MR) is 54.7 cm³/mol. The second-order valence-electron chi connectivity index (χ2n) is 3.04. The van der Waals surface area contributed by atoms with Gasteiger partial charge in [-0.25, -0.2) is 4.79 Å². The van der Waals surface area contributed by atoms with Crippen LogP contribution < -0.4 is 0 Å². The molecule has 0 radical (unpaired) electrons. The van der Waals surface area contributed by atoms with Crippen LogP contribution in [0.1, 0.15) is 10.4 Å². The molecule has 3 heteroatoms. The van der Waals surface area contributed by atoms with Gasteiger partial charge in [0.25, 0.3) is 0 Å². The molecule has 0 atom stereocenters. The van der Waals surface area contributed by atoms with Gasteiger partial charge < -0.3 is 9.64 Å². The van der Waals surface area contributed by atoms with Gasteiger partial charge in [0.05, 0.1) is 5.56 Å². The molecular weight excluding hydrogens is 178 g/mol. The van der Waals surface area contributed by atoms with Crippen molar-refractivity contribution in [2.24, 2.45) is 0 Å². The average molecular weight is 191 g/mol. The van der Waals surface area contributed by atoms with Gasteiger partial charge in [-0.15, -0.1) is 0 Å². The minimum Gasteiger partial charge on any atom is -0.407 e. The largest absolute Gasteiger partial charge is 0.407 e. The zero-order chi connectivity index (χ0) is 10.6. The highest BCUT2D eigenvalue weighted by Crippen LogP contribution is 2.05. The fourth-order valence-electron chi connectivity index (χ4n) is 0.831. The van der Waals surface area contributed by atoms with E-state index in [1.54, 1.807) is 43.3 Å². The van der Waals surface area contributed by atoms with E-state index in [9.17, 15) is 4.79 Å². The summed E-state index contributed by atoms with van der Waals surface area (Å²) in [6.07, 6.45) is 0. The van der Waals surface area contributed by atoms with Crippen molar-refractivity contribution in [2.75, 3.05) is 14.1 Å². The molecule has 1 aromatic rings. The Balaban J connectivity index is 2.65. The SMILES string of the molecule is C=C(OC(=O)c1ccccc1)N(C)C. The lowest BCUT2D eigenvalue weighted by Gasteiger charge is -2.14. The second kappa shape index (κ2) is 4.46. The monoisotopic (exact) mass is 191 g/mol. The van der Waals surface area contributed by atoms with Crippen LogP contribution in [0.4, 0.5) is 0 Å². The Morgan fingerprint density at radius 1 is 1.29 bits per heavy atom. The van der Waals surface area contributed by atoms with Gasteiger partial charge in [0.2, 0.25) is 0 Å². The molecule has 0 aliphatic carbocycles. The molecule has 0 bridgehead atoms. The quantitative estimate of drug-likeness (QED) is 0.539. The van der Waals surface area contributed by atoms with Crippen molar-refractivity contribution < 1.29 is 9.53 Å². The second-order valence-corrected chi connectivity index (χ2v) is 3.04. The van der Waals surface area contributed by atoms with Crippen LogP contribution >= 0.6 is 0 Å². The molecule has 0 heterocycles. The predicted octanol–water partition coefficient (Wildman–Crippen LogP) is 1.88. The van der Waals surface area contributed by atoms with Gasteiger partial charge >= 0.3 is 5.97 Å². The Morgan fingerprint density at radius 2 is 1.86 bits per heavy atom. The molecule has 3 nitrogen and oxygen atoms in total. The zero-order valence-corrected chi connectivity index (χ0v) is 8.36. The van der Waals surface area contributed by atoms with Crippen LogP contribution in [-0.2, 0) is 4.74 Å². The van der Waals surface area contributed by atoms with Gasteiger partial charge in [-0.3, -0.25) is 0 Å². The van der Waals surface area contributed by atoms with Crippen LogP contribution in [0.2, 0.25) is 0 Å². The molecule has 0 unspecified atom stereocenters.